The molecule has 0 bridgehead atoms. The molecule has 3 rings (SSSR count). The lowest BCUT2D eigenvalue weighted by molar-refractivity contribution is -0.153. The highest BCUT2D eigenvalue weighted by Gasteiger charge is 2.29. The summed E-state index contributed by atoms with van der Waals surface area (Å²) in [7, 11) is 0. The summed E-state index contributed by atoms with van der Waals surface area (Å²) in [5.74, 6) is -4.49. The Hall–Kier alpha value is -3.73. The van der Waals surface area contributed by atoms with Crippen molar-refractivity contribution in [3.63, 3.8) is 0 Å². The van der Waals surface area contributed by atoms with E-state index in [0.29, 0.717) is 28.0 Å². The number of nitrogens with zero attached hydrogens (tertiary/aromatic N) is 1. The summed E-state index contributed by atoms with van der Waals surface area (Å²) in [5, 5.41) is 12.5. The Morgan fingerprint density at radius 1 is 1.06 bits per heavy atom. The molecular formula is C23H19F5N2O4. The fourth-order valence-corrected chi connectivity index (χ4v) is 3.00. The molecule has 0 fully saturated rings. The van der Waals surface area contributed by atoms with Crippen molar-refractivity contribution in [1.82, 2.24) is 4.57 Å². The molecule has 0 aliphatic carbocycles. The van der Waals surface area contributed by atoms with Crippen molar-refractivity contribution in [1.29, 1.82) is 0 Å². The standard InChI is InChI=1S/C23H19F5N2O4/c1-22(2,33)13-5-7-14(8-6-13)29-20(31)15-4-3-9-30(21(15)32)18-10-16(24)17(25)11-19(18)34-12-23(26,27)28/h3-11,33H,12H2,1-2H3,(H,29,31). The van der Waals surface area contributed by atoms with Crippen LogP contribution in [0.1, 0.15) is 29.8 Å². The minimum absolute atomic E-state index is 0.301. The normalized spacial score (nSPS) is 11.9. The largest absolute Gasteiger partial charge is 0.482 e. The zero-order valence-electron chi connectivity index (χ0n) is 17.9. The summed E-state index contributed by atoms with van der Waals surface area (Å²) in [4.78, 5) is 25.6. The number of hydrogen-bond acceptors (Lipinski definition) is 4. The number of alkyl halides is 3. The van der Waals surface area contributed by atoms with E-state index in [2.05, 4.69) is 10.1 Å². The fraction of sp³-hybridized carbons (Fsp3) is 0.217. The van der Waals surface area contributed by atoms with Crippen molar-refractivity contribution in [2.24, 2.45) is 0 Å². The van der Waals surface area contributed by atoms with Crippen molar-refractivity contribution >= 4 is 11.6 Å². The fourth-order valence-electron chi connectivity index (χ4n) is 3.00. The molecule has 1 heterocycles. The molecule has 1 amide bonds. The molecule has 0 radical (unpaired) electrons. The molecule has 0 aliphatic rings. The van der Waals surface area contributed by atoms with Gasteiger partial charge < -0.3 is 15.2 Å². The minimum atomic E-state index is -4.77. The third-order valence-corrected chi connectivity index (χ3v) is 4.69. The monoisotopic (exact) mass is 482 g/mol. The molecule has 0 atom stereocenters. The van der Waals surface area contributed by atoms with Crippen LogP contribution in [0.2, 0.25) is 0 Å². The zero-order valence-corrected chi connectivity index (χ0v) is 17.9. The second-order valence-electron chi connectivity index (χ2n) is 7.83. The predicted octanol–water partition coefficient (Wildman–Crippen LogP) is 4.54. The number of amides is 1. The van der Waals surface area contributed by atoms with Crippen molar-refractivity contribution in [2.45, 2.75) is 25.6 Å². The van der Waals surface area contributed by atoms with Crippen LogP contribution in [0.25, 0.3) is 5.69 Å². The Morgan fingerprint density at radius 3 is 2.26 bits per heavy atom. The second-order valence-corrected chi connectivity index (χ2v) is 7.83. The number of carbonyl (C=O) groups excluding carboxylic acids is 1. The molecule has 2 N–H and O–H groups in total. The Balaban J connectivity index is 1.95. The van der Waals surface area contributed by atoms with Crippen LogP contribution in [-0.2, 0) is 5.60 Å². The number of ether oxygens (including phenoxy) is 1. The summed E-state index contributed by atoms with van der Waals surface area (Å²) in [6, 6.07) is 9.45. The van der Waals surface area contributed by atoms with E-state index in [-0.39, 0.29) is 0 Å². The molecule has 0 unspecified atom stereocenters. The van der Waals surface area contributed by atoms with E-state index in [1.807, 2.05) is 0 Å². The van der Waals surface area contributed by atoms with Crippen LogP contribution in [0.5, 0.6) is 5.75 Å². The van der Waals surface area contributed by atoms with E-state index in [0.717, 1.165) is 12.3 Å². The molecule has 0 saturated carbocycles. The Bertz CT molecular complexity index is 1260. The van der Waals surface area contributed by atoms with Gasteiger partial charge in [-0.15, -0.1) is 0 Å². The number of carbonyl (C=O) groups is 1. The van der Waals surface area contributed by atoms with Crippen LogP contribution >= 0.6 is 0 Å². The molecule has 6 nitrogen and oxygen atoms in total. The highest BCUT2D eigenvalue weighted by molar-refractivity contribution is 6.04. The highest BCUT2D eigenvalue weighted by Crippen LogP contribution is 2.28. The predicted molar refractivity (Wildman–Crippen MR) is 113 cm³/mol. The van der Waals surface area contributed by atoms with Crippen LogP contribution < -0.4 is 15.6 Å². The molecule has 0 spiro atoms. The molecule has 3 aromatic rings. The number of hydrogen-bond donors (Lipinski definition) is 2. The third-order valence-electron chi connectivity index (χ3n) is 4.69. The average Bonchev–Trinajstić information content (AvgIpc) is 2.73. The van der Waals surface area contributed by atoms with E-state index in [1.54, 1.807) is 26.0 Å². The third kappa shape index (κ3) is 5.79. The van der Waals surface area contributed by atoms with Crippen molar-refractivity contribution in [3.05, 3.63) is 87.8 Å². The first-order valence-corrected chi connectivity index (χ1v) is 9.81. The van der Waals surface area contributed by atoms with Gasteiger partial charge in [0.2, 0.25) is 0 Å². The SMILES string of the molecule is CC(C)(O)c1ccc(NC(=O)c2cccn(-c3cc(F)c(F)cc3OCC(F)(F)F)c2=O)cc1. The van der Waals surface area contributed by atoms with Crippen molar-refractivity contribution in [3.8, 4) is 11.4 Å². The van der Waals surface area contributed by atoms with Gasteiger partial charge in [0.05, 0.1) is 11.3 Å². The van der Waals surface area contributed by atoms with Gasteiger partial charge in [-0.05, 0) is 43.7 Å². The Kier molecular flexibility index (Phi) is 6.78. The summed E-state index contributed by atoms with van der Waals surface area (Å²) in [5.41, 5.74) is -2.16. The quantitative estimate of drug-likeness (QED) is 0.506. The number of halogens is 5. The molecular weight excluding hydrogens is 463 g/mol. The molecule has 0 saturated heterocycles. The van der Waals surface area contributed by atoms with Gasteiger partial charge in [-0.3, -0.25) is 14.2 Å². The molecule has 0 aliphatic heterocycles. The molecule has 180 valence electrons. The average molecular weight is 482 g/mol. The number of pyridine rings is 1. The number of aromatic nitrogens is 1. The van der Waals surface area contributed by atoms with Crippen LogP contribution in [0.15, 0.2) is 59.5 Å². The Labute approximate surface area is 190 Å². The maximum absolute atomic E-state index is 13.8. The van der Waals surface area contributed by atoms with Gasteiger partial charge in [-0.1, -0.05) is 12.1 Å². The minimum Gasteiger partial charge on any atom is -0.482 e. The van der Waals surface area contributed by atoms with Crippen LogP contribution in [-0.4, -0.2) is 28.4 Å². The van der Waals surface area contributed by atoms with E-state index in [4.69, 9.17) is 0 Å². The molecule has 34 heavy (non-hydrogen) atoms. The van der Waals surface area contributed by atoms with Gasteiger partial charge in [-0.25, -0.2) is 8.78 Å². The lowest BCUT2D eigenvalue weighted by Gasteiger charge is -2.18. The number of rotatable bonds is 6. The van der Waals surface area contributed by atoms with Crippen LogP contribution in [0, 0.1) is 11.6 Å². The van der Waals surface area contributed by atoms with Crippen molar-refractivity contribution < 1.29 is 36.6 Å². The summed E-state index contributed by atoms with van der Waals surface area (Å²) < 4.78 is 70.5. The zero-order chi connectivity index (χ0) is 25.3. The first-order valence-electron chi connectivity index (χ1n) is 9.81. The van der Waals surface area contributed by atoms with E-state index in [1.165, 1.54) is 18.2 Å². The summed E-state index contributed by atoms with van der Waals surface area (Å²) >= 11 is 0. The number of anilines is 1. The molecule has 1 aromatic heterocycles. The van der Waals surface area contributed by atoms with E-state index >= 15 is 0 Å². The first-order chi connectivity index (χ1) is 15.8. The lowest BCUT2D eigenvalue weighted by atomic mass is 9.98. The van der Waals surface area contributed by atoms with E-state index in [9.17, 15) is 36.6 Å². The topological polar surface area (TPSA) is 80.6 Å². The lowest BCUT2D eigenvalue weighted by Crippen LogP contribution is -2.28. The summed E-state index contributed by atoms with van der Waals surface area (Å²) in [6.07, 6.45) is -3.69. The molecule has 2 aromatic carbocycles. The maximum atomic E-state index is 13.8. The number of aliphatic hydroxyl groups is 1. The molecule has 11 heteroatoms. The van der Waals surface area contributed by atoms with Gasteiger partial charge in [0.25, 0.3) is 11.5 Å². The van der Waals surface area contributed by atoms with Gasteiger partial charge in [0.15, 0.2) is 18.2 Å². The number of benzene rings is 2. The maximum Gasteiger partial charge on any atom is 0.422 e. The Morgan fingerprint density at radius 2 is 1.68 bits per heavy atom. The van der Waals surface area contributed by atoms with E-state index < -0.39 is 58.5 Å². The highest BCUT2D eigenvalue weighted by atomic mass is 19.4. The summed E-state index contributed by atoms with van der Waals surface area (Å²) in [6.45, 7) is 1.36. The van der Waals surface area contributed by atoms with Gasteiger partial charge in [0.1, 0.15) is 11.3 Å². The second kappa shape index (κ2) is 9.26. The van der Waals surface area contributed by atoms with Crippen LogP contribution in [0.3, 0.4) is 0 Å². The number of nitrogens with one attached hydrogen (secondary N) is 1. The van der Waals surface area contributed by atoms with Crippen LogP contribution in [0.4, 0.5) is 27.6 Å². The van der Waals surface area contributed by atoms with Gasteiger partial charge in [-0.2, -0.15) is 13.2 Å². The van der Waals surface area contributed by atoms with Gasteiger partial charge >= 0.3 is 6.18 Å². The first kappa shape index (κ1) is 24.9. The van der Waals surface area contributed by atoms with Gasteiger partial charge in [0, 0.05) is 24.0 Å². The smallest absolute Gasteiger partial charge is 0.422 e. The van der Waals surface area contributed by atoms with Crippen molar-refractivity contribution in [2.75, 3.05) is 11.9 Å².